The van der Waals surface area contributed by atoms with Crippen molar-refractivity contribution in [3.63, 3.8) is 0 Å². The summed E-state index contributed by atoms with van der Waals surface area (Å²) in [6.45, 7) is 0.944. The molecule has 2 amide bonds. The van der Waals surface area contributed by atoms with Crippen LogP contribution in [0.5, 0.6) is 0 Å². The molecule has 1 aromatic carbocycles. The van der Waals surface area contributed by atoms with Gasteiger partial charge in [0, 0.05) is 25.5 Å². The van der Waals surface area contributed by atoms with Gasteiger partial charge in [-0.05, 0) is 48.3 Å². The van der Waals surface area contributed by atoms with Gasteiger partial charge in [0.05, 0.1) is 18.4 Å². The van der Waals surface area contributed by atoms with E-state index >= 15 is 0 Å². The normalized spacial score (nSPS) is 22.8. The molecule has 6 nitrogen and oxygen atoms in total. The maximum atomic E-state index is 13.4. The highest BCUT2D eigenvalue weighted by Gasteiger charge is 2.45. The van der Waals surface area contributed by atoms with Crippen LogP contribution in [0.15, 0.2) is 42.7 Å². The fraction of sp³-hybridized carbons (Fsp3) is 0.409. The molecule has 9 heteroatoms. The van der Waals surface area contributed by atoms with E-state index in [1.165, 1.54) is 31.6 Å². The lowest BCUT2D eigenvalue weighted by atomic mass is 9.91. The number of anilines is 1. The summed E-state index contributed by atoms with van der Waals surface area (Å²) in [5.74, 6) is -0.471. The number of methoxy groups -OCH3 is 1. The minimum Gasteiger partial charge on any atom is -0.465 e. The molecule has 1 saturated heterocycles. The summed E-state index contributed by atoms with van der Waals surface area (Å²) >= 11 is 0. The van der Waals surface area contributed by atoms with Crippen molar-refractivity contribution in [2.75, 3.05) is 25.5 Å². The number of nitrogens with zero attached hydrogens (tertiary/aromatic N) is 2. The Bertz CT molecular complexity index is 981. The van der Waals surface area contributed by atoms with Crippen LogP contribution in [0.25, 0.3) is 0 Å². The van der Waals surface area contributed by atoms with E-state index in [4.69, 9.17) is 4.74 Å². The van der Waals surface area contributed by atoms with Crippen molar-refractivity contribution in [3.05, 3.63) is 59.4 Å². The van der Waals surface area contributed by atoms with Gasteiger partial charge in [0.2, 0.25) is 0 Å². The van der Waals surface area contributed by atoms with Crippen molar-refractivity contribution in [3.8, 4) is 0 Å². The van der Waals surface area contributed by atoms with E-state index in [9.17, 15) is 22.8 Å². The smallest absolute Gasteiger partial charge is 0.416 e. The Morgan fingerprint density at radius 3 is 2.45 bits per heavy atom. The zero-order valence-corrected chi connectivity index (χ0v) is 16.9. The molecule has 2 heterocycles. The van der Waals surface area contributed by atoms with Crippen molar-refractivity contribution < 1.29 is 27.5 Å². The number of hydrogen-bond acceptors (Lipinski definition) is 4. The summed E-state index contributed by atoms with van der Waals surface area (Å²) in [5, 5.41) is 2.73. The Hall–Kier alpha value is -3.10. The Kier molecular flexibility index (Phi) is 5.60. The number of amides is 2. The van der Waals surface area contributed by atoms with Gasteiger partial charge in [0.25, 0.3) is 0 Å². The molecule has 1 saturated carbocycles. The molecule has 4 rings (SSSR count). The number of rotatable bonds is 3. The number of pyridine rings is 1. The lowest BCUT2D eigenvalue weighted by molar-refractivity contribution is -0.138. The monoisotopic (exact) mass is 433 g/mol. The maximum absolute atomic E-state index is 13.4. The Morgan fingerprint density at radius 2 is 1.81 bits per heavy atom. The van der Waals surface area contributed by atoms with Crippen LogP contribution in [0, 0.1) is 11.8 Å². The second-order valence-electron chi connectivity index (χ2n) is 8.02. The first-order valence-electron chi connectivity index (χ1n) is 10.0. The minimum atomic E-state index is -4.37. The SMILES string of the molecule is COC(=O)c1cnccc1NC(=O)N1C[C@H]2C[C@@H](c3ccccc3C(F)(F)F)C[C@H]2C1. The minimum absolute atomic E-state index is 0.148. The molecule has 0 spiro atoms. The predicted molar refractivity (Wildman–Crippen MR) is 107 cm³/mol. The average Bonchev–Trinajstić information content (AvgIpc) is 3.32. The molecule has 1 aliphatic heterocycles. The lowest BCUT2D eigenvalue weighted by Crippen LogP contribution is -2.34. The number of alkyl halides is 3. The zero-order chi connectivity index (χ0) is 22.2. The average molecular weight is 433 g/mol. The summed E-state index contributed by atoms with van der Waals surface area (Å²) in [6, 6.07) is 6.93. The largest absolute Gasteiger partial charge is 0.465 e. The van der Waals surface area contributed by atoms with Gasteiger partial charge in [-0.25, -0.2) is 9.59 Å². The summed E-state index contributed by atoms with van der Waals surface area (Å²) in [6.07, 6.45) is -0.358. The van der Waals surface area contributed by atoms with Crippen LogP contribution in [0.2, 0.25) is 0 Å². The summed E-state index contributed by atoms with van der Waals surface area (Å²) in [5.41, 5.74) is 0.241. The Morgan fingerprint density at radius 1 is 1.13 bits per heavy atom. The van der Waals surface area contributed by atoms with Gasteiger partial charge in [-0.3, -0.25) is 4.98 Å². The molecule has 1 N–H and O–H groups in total. The fourth-order valence-corrected chi connectivity index (χ4v) is 4.80. The number of fused-ring (bicyclic) bond motifs is 1. The predicted octanol–water partition coefficient (Wildman–Crippen LogP) is 4.54. The van der Waals surface area contributed by atoms with E-state index in [0.717, 1.165) is 6.07 Å². The molecule has 0 bridgehead atoms. The highest BCUT2D eigenvalue weighted by Crippen LogP contribution is 2.48. The van der Waals surface area contributed by atoms with Gasteiger partial charge in [-0.15, -0.1) is 0 Å². The molecular formula is C22H22F3N3O3. The Balaban J connectivity index is 1.42. The topological polar surface area (TPSA) is 71.5 Å². The summed E-state index contributed by atoms with van der Waals surface area (Å²) < 4.78 is 44.9. The van der Waals surface area contributed by atoms with Gasteiger partial charge in [-0.2, -0.15) is 13.2 Å². The third-order valence-electron chi connectivity index (χ3n) is 6.21. The van der Waals surface area contributed by atoms with E-state index in [2.05, 4.69) is 10.3 Å². The van der Waals surface area contributed by atoms with E-state index in [0.29, 0.717) is 37.2 Å². The number of carbonyl (C=O) groups is 2. The van der Waals surface area contributed by atoms with Crippen LogP contribution in [0.3, 0.4) is 0 Å². The van der Waals surface area contributed by atoms with Crippen molar-refractivity contribution in [1.82, 2.24) is 9.88 Å². The molecule has 1 aliphatic carbocycles. The second kappa shape index (κ2) is 8.20. The van der Waals surface area contributed by atoms with Crippen LogP contribution in [-0.2, 0) is 10.9 Å². The van der Waals surface area contributed by atoms with Gasteiger partial charge >= 0.3 is 18.2 Å². The molecule has 3 atom stereocenters. The number of nitrogens with one attached hydrogen (secondary N) is 1. The maximum Gasteiger partial charge on any atom is 0.416 e. The first kappa shape index (κ1) is 21.1. The van der Waals surface area contributed by atoms with Gasteiger partial charge < -0.3 is 15.0 Å². The van der Waals surface area contributed by atoms with E-state index in [1.54, 1.807) is 17.0 Å². The second-order valence-corrected chi connectivity index (χ2v) is 8.02. The third-order valence-corrected chi connectivity index (χ3v) is 6.21. The fourth-order valence-electron chi connectivity index (χ4n) is 4.80. The number of hydrogen-bond donors (Lipinski definition) is 1. The number of esters is 1. The van der Waals surface area contributed by atoms with Gasteiger partial charge in [-0.1, -0.05) is 18.2 Å². The molecular weight excluding hydrogens is 411 g/mol. The molecule has 164 valence electrons. The highest BCUT2D eigenvalue weighted by atomic mass is 19.4. The molecule has 1 aromatic heterocycles. The molecule has 2 fully saturated rings. The number of carbonyl (C=O) groups excluding carboxylic acids is 2. The highest BCUT2D eigenvalue weighted by molar-refractivity contribution is 6.00. The van der Waals surface area contributed by atoms with Crippen LogP contribution in [0.1, 0.15) is 40.2 Å². The van der Waals surface area contributed by atoms with E-state index < -0.39 is 17.7 Å². The number of halogens is 3. The lowest BCUT2D eigenvalue weighted by Gasteiger charge is -2.22. The van der Waals surface area contributed by atoms with Crippen LogP contribution in [0.4, 0.5) is 23.7 Å². The van der Waals surface area contributed by atoms with Crippen molar-refractivity contribution >= 4 is 17.7 Å². The van der Waals surface area contributed by atoms with Crippen molar-refractivity contribution in [2.45, 2.75) is 24.9 Å². The summed E-state index contributed by atoms with van der Waals surface area (Å²) in [7, 11) is 1.25. The van der Waals surface area contributed by atoms with E-state index in [1.807, 2.05) is 0 Å². The molecule has 31 heavy (non-hydrogen) atoms. The van der Waals surface area contributed by atoms with Crippen molar-refractivity contribution in [2.24, 2.45) is 11.8 Å². The number of likely N-dealkylation sites (tertiary alicyclic amines) is 1. The first-order chi connectivity index (χ1) is 14.8. The molecule has 2 aromatic rings. The van der Waals surface area contributed by atoms with Crippen LogP contribution < -0.4 is 5.32 Å². The van der Waals surface area contributed by atoms with Gasteiger partial charge in [0.15, 0.2) is 0 Å². The standard InChI is InChI=1S/C22H22F3N3O3/c1-31-20(29)17-10-26-7-6-19(17)27-21(30)28-11-14-8-13(9-15(14)12-28)16-4-2-3-5-18(16)22(23,24)25/h2-7,10,13-15H,8-9,11-12H2,1H3,(H,26,27,30)/t13-,14-,15+. The zero-order valence-electron chi connectivity index (χ0n) is 16.9. The molecule has 0 radical (unpaired) electrons. The van der Waals surface area contributed by atoms with Crippen molar-refractivity contribution in [1.29, 1.82) is 0 Å². The number of ether oxygens (including phenoxy) is 1. The number of aromatic nitrogens is 1. The third kappa shape index (κ3) is 4.22. The van der Waals surface area contributed by atoms with E-state index in [-0.39, 0.29) is 29.3 Å². The van der Waals surface area contributed by atoms with Gasteiger partial charge in [0.1, 0.15) is 5.56 Å². The first-order valence-corrected chi connectivity index (χ1v) is 10.0. The van der Waals surface area contributed by atoms with Crippen LogP contribution in [-0.4, -0.2) is 42.1 Å². The number of benzene rings is 1. The van der Waals surface area contributed by atoms with Crippen LogP contribution >= 0.6 is 0 Å². The summed E-state index contributed by atoms with van der Waals surface area (Å²) in [4.78, 5) is 30.1. The number of urea groups is 1. The molecule has 2 aliphatic rings. The Labute approximate surface area is 177 Å². The molecule has 0 unspecified atom stereocenters. The quantitative estimate of drug-likeness (QED) is 0.722.